The van der Waals surface area contributed by atoms with Gasteiger partial charge in [-0.05, 0) is 12.1 Å². The lowest BCUT2D eigenvalue weighted by Gasteiger charge is -2.13. The van der Waals surface area contributed by atoms with Crippen LogP contribution in [0, 0.1) is 0 Å². The van der Waals surface area contributed by atoms with Crippen LogP contribution in [0.5, 0.6) is 0 Å². The monoisotopic (exact) mass is 137 g/mol. The van der Waals surface area contributed by atoms with E-state index < -0.39 is 0 Å². The number of nitrogens with two attached hydrogens (primary N) is 2. The Morgan fingerprint density at radius 1 is 1.30 bits per heavy atom. The van der Waals surface area contributed by atoms with Gasteiger partial charge in [0.05, 0.1) is 11.4 Å². The molecule has 10 heavy (non-hydrogen) atoms. The molecule has 0 radical (unpaired) electrons. The lowest BCUT2D eigenvalue weighted by Crippen LogP contribution is -2.25. The third-order valence-electron chi connectivity index (χ3n) is 1.32. The van der Waals surface area contributed by atoms with Crippen molar-refractivity contribution < 1.29 is 0 Å². The van der Waals surface area contributed by atoms with Gasteiger partial charge in [-0.25, -0.2) is 5.84 Å². The fourth-order valence-electron chi connectivity index (χ4n) is 0.809. The lowest BCUT2D eigenvalue weighted by molar-refractivity contribution is 1.02. The Morgan fingerprint density at radius 2 is 1.90 bits per heavy atom. The Hall–Kier alpha value is -1.22. The summed E-state index contributed by atoms with van der Waals surface area (Å²) >= 11 is 0. The third-order valence-corrected chi connectivity index (χ3v) is 1.32. The molecule has 1 rings (SSSR count). The second kappa shape index (κ2) is 2.58. The highest BCUT2D eigenvalue weighted by Crippen LogP contribution is 2.17. The quantitative estimate of drug-likeness (QED) is 0.338. The summed E-state index contributed by atoms with van der Waals surface area (Å²) in [4.78, 5) is 0. The molecule has 0 unspecified atom stereocenters. The molecular formula is C7H11N3. The van der Waals surface area contributed by atoms with E-state index in [1.54, 1.807) is 7.05 Å². The first kappa shape index (κ1) is 6.89. The van der Waals surface area contributed by atoms with Crippen molar-refractivity contribution in [1.82, 2.24) is 0 Å². The van der Waals surface area contributed by atoms with Crippen molar-refractivity contribution in [2.24, 2.45) is 5.84 Å². The highest BCUT2D eigenvalue weighted by Gasteiger charge is 1.96. The van der Waals surface area contributed by atoms with Gasteiger partial charge in [0.1, 0.15) is 0 Å². The third kappa shape index (κ3) is 1.19. The van der Waals surface area contributed by atoms with E-state index in [1.165, 1.54) is 5.01 Å². The van der Waals surface area contributed by atoms with Crippen LogP contribution >= 0.6 is 0 Å². The van der Waals surface area contributed by atoms with Crippen molar-refractivity contribution in [2.45, 2.75) is 0 Å². The smallest absolute Gasteiger partial charge is 0.0743 e. The van der Waals surface area contributed by atoms with E-state index in [2.05, 4.69) is 0 Å². The molecule has 0 atom stereocenters. The van der Waals surface area contributed by atoms with Crippen LogP contribution in [0.1, 0.15) is 0 Å². The average molecular weight is 137 g/mol. The van der Waals surface area contributed by atoms with E-state index >= 15 is 0 Å². The summed E-state index contributed by atoms with van der Waals surface area (Å²) in [6.07, 6.45) is 0. The average Bonchev–Trinajstić information content (AvgIpc) is 1.88. The van der Waals surface area contributed by atoms with Gasteiger partial charge in [0.25, 0.3) is 0 Å². The van der Waals surface area contributed by atoms with E-state index in [4.69, 9.17) is 11.6 Å². The number of benzene rings is 1. The molecule has 0 aromatic heterocycles. The summed E-state index contributed by atoms with van der Waals surface area (Å²) in [5.41, 5.74) is 7.15. The second-order valence-corrected chi connectivity index (χ2v) is 2.17. The van der Waals surface area contributed by atoms with Crippen LogP contribution in [-0.2, 0) is 0 Å². The summed E-state index contributed by atoms with van der Waals surface area (Å²) in [6, 6.07) is 7.46. The molecule has 4 N–H and O–H groups in total. The van der Waals surface area contributed by atoms with Gasteiger partial charge < -0.3 is 10.7 Å². The summed E-state index contributed by atoms with van der Waals surface area (Å²) in [6.45, 7) is 0. The van der Waals surface area contributed by atoms with Gasteiger partial charge in [-0.15, -0.1) is 0 Å². The number of nitrogens with zero attached hydrogens (tertiary/aromatic N) is 1. The van der Waals surface area contributed by atoms with Crippen molar-refractivity contribution in [3.05, 3.63) is 24.3 Å². The van der Waals surface area contributed by atoms with Crippen LogP contribution in [-0.4, -0.2) is 7.05 Å². The van der Waals surface area contributed by atoms with Crippen molar-refractivity contribution in [1.29, 1.82) is 0 Å². The molecule has 0 spiro atoms. The largest absolute Gasteiger partial charge is 0.397 e. The summed E-state index contributed by atoms with van der Waals surface area (Å²) in [5.74, 6) is 5.47. The fourth-order valence-corrected chi connectivity index (χ4v) is 0.809. The Labute approximate surface area is 60.2 Å². The normalized spacial score (nSPS) is 9.40. The molecule has 0 saturated heterocycles. The SMILES string of the molecule is CN(N)c1ccccc1N. The molecular weight excluding hydrogens is 126 g/mol. The second-order valence-electron chi connectivity index (χ2n) is 2.17. The summed E-state index contributed by atoms with van der Waals surface area (Å²) < 4.78 is 0. The molecule has 0 saturated carbocycles. The maximum Gasteiger partial charge on any atom is 0.0743 e. The molecule has 54 valence electrons. The molecule has 1 aromatic rings. The van der Waals surface area contributed by atoms with E-state index in [9.17, 15) is 0 Å². The minimum Gasteiger partial charge on any atom is -0.397 e. The first-order valence-electron chi connectivity index (χ1n) is 3.05. The molecule has 0 aliphatic heterocycles. The molecule has 0 fully saturated rings. The molecule has 0 aliphatic carbocycles. The molecule has 3 nitrogen and oxygen atoms in total. The number of hydrazine groups is 1. The first-order valence-corrected chi connectivity index (χ1v) is 3.05. The van der Waals surface area contributed by atoms with Gasteiger partial charge >= 0.3 is 0 Å². The number of para-hydroxylation sites is 2. The van der Waals surface area contributed by atoms with Crippen molar-refractivity contribution in [2.75, 3.05) is 17.8 Å². The Balaban J connectivity index is 3.03. The van der Waals surface area contributed by atoms with Crippen LogP contribution in [0.4, 0.5) is 11.4 Å². The van der Waals surface area contributed by atoms with Gasteiger partial charge in [-0.3, -0.25) is 0 Å². The van der Waals surface area contributed by atoms with Gasteiger partial charge in [-0.1, -0.05) is 12.1 Å². The number of hydrogen-bond acceptors (Lipinski definition) is 3. The zero-order valence-electron chi connectivity index (χ0n) is 5.91. The zero-order valence-corrected chi connectivity index (χ0v) is 5.91. The van der Waals surface area contributed by atoms with Gasteiger partial charge in [0, 0.05) is 7.05 Å². The fraction of sp³-hybridized carbons (Fsp3) is 0.143. The molecule has 0 aliphatic rings. The maximum atomic E-state index is 5.60. The van der Waals surface area contributed by atoms with Gasteiger partial charge in [-0.2, -0.15) is 0 Å². The zero-order chi connectivity index (χ0) is 7.56. The Morgan fingerprint density at radius 3 is 2.30 bits per heavy atom. The predicted molar refractivity (Wildman–Crippen MR) is 43.4 cm³/mol. The number of rotatable bonds is 1. The van der Waals surface area contributed by atoms with Gasteiger partial charge in [0.15, 0.2) is 0 Å². The molecule has 3 heteroatoms. The van der Waals surface area contributed by atoms with Crippen molar-refractivity contribution in [3.63, 3.8) is 0 Å². The minimum absolute atomic E-state index is 0.701. The highest BCUT2D eigenvalue weighted by molar-refractivity contribution is 5.65. The number of nitrogen functional groups attached to an aromatic ring is 1. The van der Waals surface area contributed by atoms with Crippen molar-refractivity contribution >= 4 is 11.4 Å². The van der Waals surface area contributed by atoms with Crippen molar-refractivity contribution in [3.8, 4) is 0 Å². The lowest BCUT2D eigenvalue weighted by atomic mass is 10.3. The Kier molecular flexibility index (Phi) is 1.78. The topological polar surface area (TPSA) is 55.3 Å². The predicted octanol–water partition coefficient (Wildman–Crippen LogP) is 0.579. The standard InChI is InChI=1S/C7H11N3/c1-10(9)7-5-3-2-4-6(7)8/h2-5H,8-9H2,1H3. The molecule has 0 heterocycles. The van der Waals surface area contributed by atoms with Crippen LogP contribution in [0.2, 0.25) is 0 Å². The number of hydrogen-bond donors (Lipinski definition) is 2. The van der Waals surface area contributed by atoms with Crippen LogP contribution in [0.15, 0.2) is 24.3 Å². The summed E-state index contributed by atoms with van der Waals surface area (Å²) in [7, 11) is 1.76. The molecule has 0 bridgehead atoms. The van der Waals surface area contributed by atoms with Crippen LogP contribution in [0.25, 0.3) is 0 Å². The first-order chi connectivity index (χ1) is 4.72. The molecule has 0 amide bonds. The number of anilines is 2. The van der Waals surface area contributed by atoms with E-state index in [-0.39, 0.29) is 0 Å². The molecule has 1 aromatic carbocycles. The minimum atomic E-state index is 0.701. The Bertz CT molecular complexity index is 220. The summed E-state index contributed by atoms with van der Waals surface area (Å²) in [5, 5.41) is 1.50. The van der Waals surface area contributed by atoms with Gasteiger partial charge in [0.2, 0.25) is 0 Å². The van der Waals surface area contributed by atoms with E-state index in [0.29, 0.717) is 5.69 Å². The highest BCUT2D eigenvalue weighted by atomic mass is 15.4. The van der Waals surface area contributed by atoms with E-state index in [1.807, 2.05) is 24.3 Å². The van der Waals surface area contributed by atoms with E-state index in [0.717, 1.165) is 5.69 Å². The van der Waals surface area contributed by atoms with Crippen LogP contribution < -0.4 is 16.6 Å². The van der Waals surface area contributed by atoms with Crippen LogP contribution in [0.3, 0.4) is 0 Å². The maximum absolute atomic E-state index is 5.60.